The summed E-state index contributed by atoms with van der Waals surface area (Å²) in [4.78, 5) is 16.5. The van der Waals surface area contributed by atoms with Crippen molar-refractivity contribution in [3.63, 3.8) is 0 Å². The van der Waals surface area contributed by atoms with E-state index in [0.29, 0.717) is 42.1 Å². The second-order valence-electron chi connectivity index (χ2n) is 7.00. The van der Waals surface area contributed by atoms with Crippen molar-refractivity contribution in [3.8, 4) is 11.5 Å². The Morgan fingerprint density at radius 3 is 2.69 bits per heavy atom. The van der Waals surface area contributed by atoms with Crippen LogP contribution in [0.5, 0.6) is 11.5 Å². The zero-order chi connectivity index (χ0) is 20.4. The third kappa shape index (κ3) is 4.12. The number of sulfone groups is 1. The van der Waals surface area contributed by atoms with Gasteiger partial charge >= 0.3 is 0 Å². The first kappa shape index (κ1) is 19.4. The fourth-order valence-corrected chi connectivity index (χ4v) is 5.00. The summed E-state index contributed by atoms with van der Waals surface area (Å²) in [6.07, 6.45) is 2.62. The smallest absolute Gasteiger partial charge is 0.163 e. The summed E-state index contributed by atoms with van der Waals surface area (Å²) in [5.74, 6) is 3.29. The molecule has 0 radical (unpaired) electrons. The van der Waals surface area contributed by atoms with E-state index < -0.39 is 9.84 Å². The Morgan fingerprint density at radius 1 is 1.17 bits per heavy atom. The van der Waals surface area contributed by atoms with Gasteiger partial charge in [-0.25, -0.2) is 23.4 Å². The molecule has 0 saturated carbocycles. The number of fused-ring (bicyclic) bond motifs is 1. The number of aromatic nitrogens is 4. The van der Waals surface area contributed by atoms with E-state index >= 15 is 0 Å². The van der Waals surface area contributed by atoms with Crippen molar-refractivity contribution in [2.24, 2.45) is 0 Å². The van der Waals surface area contributed by atoms with Gasteiger partial charge in [0.15, 0.2) is 17.0 Å². The maximum atomic E-state index is 11.7. The predicted octanol–water partition coefficient (Wildman–Crippen LogP) is 2.27. The predicted molar refractivity (Wildman–Crippen MR) is 109 cm³/mol. The topological polar surface area (TPSA) is 119 Å². The number of aromatic amines is 1. The van der Waals surface area contributed by atoms with E-state index in [1.165, 1.54) is 6.33 Å². The molecule has 3 heterocycles. The minimum atomic E-state index is -2.92. The van der Waals surface area contributed by atoms with Gasteiger partial charge in [0.25, 0.3) is 0 Å². The Labute approximate surface area is 168 Å². The fourth-order valence-electron chi connectivity index (χ4n) is 3.51. The van der Waals surface area contributed by atoms with E-state index in [4.69, 9.17) is 9.47 Å². The Hall–Kier alpha value is -2.88. The van der Waals surface area contributed by atoms with Crippen molar-refractivity contribution >= 4 is 26.8 Å². The van der Waals surface area contributed by atoms with Crippen LogP contribution in [0.1, 0.15) is 30.1 Å². The van der Waals surface area contributed by atoms with Gasteiger partial charge in [-0.1, -0.05) is 0 Å². The number of hydrogen-bond acceptors (Lipinski definition) is 8. The van der Waals surface area contributed by atoms with E-state index in [9.17, 15) is 8.42 Å². The molecule has 1 aliphatic heterocycles. The molecule has 0 atom stereocenters. The largest absolute Gasteiger partial charge is 0.497 e. The van der Waals surface area contributed by atoms with Crippen LogP contribution in [-0.2, 0) is 16.4 Å². The van der Waals surface area contributed by atoms with Gasteiger partial charge in [-0.15, -0.1) is 0 Å². The van der Waals surface area contributed by atoms with E-state index in [-0.39, 0.29) is 17.4 Å². The lowest BCUT2D eigenvalue weighted by atomic mass is 10.0. The molecule has 4 rings (SSSR count). The minimum absolute atomic E-state index is 0.0854. The van der Waals surface area contributed by atoms with Gasteiger partial charge in [-0.2, -0.15) is 0 Å². The van der Waals surface area contributed by atoms with Crippen molar-refractivity contribution in [2.45, 2.75) is 25.3 Å². The van der Waals surface area contributed by atoms with Gasteiger partial charge in [0, 0.05) is 24.1 Å². The lowest BCUT2D eigenvalue weighted by Gasteiger charge is -2.19. The van der Waals surface area contributed by atoms with E-state index in [0.717, 1.165) is 17.1 Å². The summed E-state index contributed by atoms with van der Waals surface area (Å²) < 4.78 is 34.0. The van der Waals surface area contributed by atoms with Crippen molar-refractivity contribution < 1.29 is 17.9 Å². The number of imidazole rings is 1. The third-order valence-electron chi connectivity index (χ3n) is 5.18. The number of ether oxygens (including phenoxy) is 2. The van der Waals surface area contributed by atoms with Crippen molar-refractivity contribution in [3.05, 3.63) is 35.9 Å². The van der Waals surface area contributed by atoms with Crippen LogP contribution in [0.15, 0.2) is 24.5 Å². The summed E-state index contributed by atoms with van der Waals surface area (Å²) in [6, 6.07) is 5.64. The maximum Gasteiger partial charge on any atom is 0.163 e. The van der Waals surface area contributed by atoms with Crippen LogP contribution >= 0.6 is 0 Å². The maximum absolute atomic E-state index is 11.7. The van der Waals surface area contributed by atoms with Gasteiger partial charge in [0.05, 0.1) is 25.7 Å². The number of nitrogens with one attached hydrogen (secondary N) is 2. The number of methoxy groups -OCH3 is 2. The zero-order valence-electron chi connectivity index (χ0n) is 16.3. The van der Waals surface area contributed by atoms with Crippen LogP contribution < -0.4 is 14.8 Å². The molecule has 1 aliphatic rings. The summed E-state index contributed by atoms with van der Waals surface area (Å²) in [5, 5.41) is 3.30. The minimum Gasteiger partial charge on any atom is -0.497 e. The lowest BCUT2D eigenvalue weighted by Crippen LogP contribution is -2.22. The number of H-pyrrole nitrogens is 1. The second kappa shape index (κ2) is 7.86. The molecule has 2 N–H and O–H groups in total. The van der Waals surface area contributed by atoms with E-state index in [1.54, 1.807) is 14.2 Å². The van der Waals surface area contributed by atoms with E-state index in [2.05, 4.69) is 25.3 Å². The molecule has 9 nitrogen and oxygen atoms in total. The number of nitrogens with zero attached hydrogens (tertiary/aromatic N) is 3. The van der Waals surface area contributed by atoms with Crippen molar-refractivity contribution in [1.29, 1.82) is 0 Å². The van der Waals surface area contributed by atoms with Gasteiger partial charge in [0.1, 0.15) is 33.5 Å². The molecule has 154 valence electrons. The van der Waals surface area contributed by atoms with Crippen molar-refractivity contribution in [2.75, 3.05) is 31.0 Å². The van der Waals surface area contributed by atoms with Gasteiger partial charge in [0.2, 0.25) is 0 Å². The molecular weight excluding hydrogens is 394 g/mol. The molecule has 3 aromatic rings. The van der Waals surface area contributed by atoms with Crippen molar-refractivity contribution in [1.82, 2.24) is 19.9 Å². The first-order chi connectivity index (χ1) is 14.0. The highest BCUT2D eigenvalue weighted by molar-refractivity contribution is 7.91. The number of benzene rings is 1. The molecule has 1 saturated heterocycles. The summed E-state index contributed by atoms with van der Waals surface area (Å²) in [6.45, 7) is 0.489. The summed E-state index contributed by atoms with van der Waals surface area (Å²) >= 11 is 0. The fraction of sp³-hybridized carbons (Fsp3) is 0.421. The number of rotatable bonds is 6. The highest BCUT2D eigenvalue weighted by Crippen LogP contribution is 2.30. The molecule has 2 aromatic heterocycles. The average Bonchev–Trinajstić information content (AvgIpc) is 3.16. The van der Waals surface area contributed by atoms with Crippen LogP contribution in [0.25, 0.3) is 11.2 Å². The molecule has 0 amide bonds. The molecule has 0 unspecified atom stereocenters. The van der Waals surface area contributed by atoms with Gasteiger partial charge in [-0.05, 0) is 25.0 Å². The number of hydrogen-bond donors (Lipinski definition) is 2. The molecule has 0 spiro atoms. The van der Waals surface area contributed by atoms with E-state index in [1.807, 2.05) is 18.2 Å². The molecular formula is C19H23N5O4S. The summed E-state index contributed by atoms with van der Waals surface area (Å²) in [7, 11) is 0.313. The summed E-state index contributed by atoms with van der Waals surface area (Å²) in [5.41, 5.74) is 2.23. The quantitative estimate of drug-likeness (QED) is 0.627. The first-order valence-electron chi connectivity index (χ1n) is 9.35. The Morgan fingerprint density at radius 2 is 1.97 bits per heavy atom. The standard InChI is InChI=1S/C19H23N5O4S/c1-27-14-4-3-13(15(9-14)28-2)10-20-18-16-19(22-11-21-18)24-17(23-16)12-5-7-29(25,26)8-6-12/h3-4,9,11-12H,5-8,10H2,1-2H3,(H2,20,21,22,23,24). The Bertz CT molecular complexity index is 1110. The van der Waals surface area contributed by atoms with Crippen LogP contribution in [0, 0.1) is 0 Å². The number of anilines is 1. The Balaban J connectivity index is 1.55. The average molecular weight is 417 g/mol. The highest BCUT2D eigenvalue weighted by Gasteiger charge is 2.27. The van der Waals surface area contributed by atoms with Gasteiger partial charge in [-0.3, -0.25) is 0 Å². The third-order valence-corrected chi connectivity index (χ3v) is 6.90. The first-order valence-corrected chi connectivity index (χ1v) is 11.2. The highest BCUT2D eigenvalue weighted by atomic mass is 32.2. The molecule has 29 heavy (non-hydrogen) atoms. The molecule has 0 bridgehead atoms. The molecule has 1 fully saturated rings. The zero-order valence-corrected chi connectivity index (χ0v) is 17.1. The second-order valence-corrected chi connectivity index (χ2v) is 9.30. The van der Waals surface area contributed by atoms with Crippen LogP contribution in [0.4, 0.5) is 5.82 Å². The van der Waals surface area contributed by atoms with Gasteiger partial charge < -0.3 is 19.8 Å². The SMILES string of the molecule is COc1ccc(CNc2ncnc3[nH]c(C4CCS(=O)(=O)CC4)nc23)c(OC)c1. The molecule has 1 aromatic carbocycles. The van der Waals surface area contributed by atoms with Crippen LogP contribution in [0.3, 0.4) is 0 Å². The van der Waals surface area contributed by atoms with Crippen LogP contribution in [-0.4, -0.2) is 54.1 Å². The molecule has 0 aliphatic carbocycles. The Kier molecular flexibility index (Phi) is 5.27. The molecule has 10 heteroatoms. The monoisotopic (exact) mass is 417 g/mol. The normalized spacial score (nSPS) is 16.6. The lowest BCUT2D eigenvalue weighted by molar-refractivity contribution is 0.391. The van der Waals surface area contributed by atoms with Crippen LogP contribution in [0.2, 0.25) is 0 Å².